The van der Waals surface area contributed by atoms with Crippen molar-refractivity contribution in [3.63, 3.8) is 0 Å². The van der Waals surface area contributed by atoms with Crippen molar-refractivity contribution in [2.45, 2.75) is 0 Å². The molecule has 2 N–H and O–H groups in total. The lowest BCUT2D eigenvalue weighted by atomic mass is 10.3. The second-order valence-corrected chi connectivity index (χ2v) is 4.13. The van der Waals surface area contributed by atoms with Gasteiger partial charge in [-0.2, -0.15) is 0 Å². The molecule has 1 aromatic carbocycles. The molecule has 0 amide bonds. The number of benzene rings is 1. The highest BCUT2D eigenvalue weighted by atomic mass is 32.1. The highest BCUT2D eigenvalue weighted by Crippen LogP contribution is 2.36. The molecule has 3 rings (SSSR count). The molecule has 0 aliphatic carbocycles. The smallest absolute Gasteiger partial charge is 0.248 e. The Labute approximate surface area is 114 Å². The quantitative estimate of drug-likeness (QED) is 0.853. The molecule has 0 fully saturated rings. The van der Waals surface area contributed by atoms with E-state index < -0.39 is 0 Å². The Morgan fingerprint density at radius 2 is 2.00 bits per heavy atom. The van der Waals surface area contributed by atoms with Gasteiger partial charge in [0.1, 0.15) is 10.7 Å². The zero-order chi connectivity index (χ0) is 13.2. The van der Waals surface area contributed by atoms with Crippen LogP contribution in [-0.2, 0) is 0 Å². The molecule has 96 valence electrons. The summed E-state index contributed by atoms with van der Waals surface area (Å²) in [4.78, 5) is 8.23. The van der Waals surface area contributed by atoms with Gasteiger partial charge in [0.05, 0.1) is 0 Å². The van der Waals surface area contributed by atoms with Crippen LogP contribution in [0.4, 0.5) is 0 Å². The largest absolute Gasteiger partial charge is 0.454 e. The molecule has 0 atom stereocenters. The minimum atomic E-state index is 0.129. The van der Waals surface area contributed by atoms with Crippen LogP contribution in [0.5, 0.6) is 23.1 Å². The summed E-state index contributed by atoms with van der Waals surface area (Å²) >= 11 is 4.90. The SMILES string of the molecule is NC(=S)c1nccnc1Oc1ccc2c(c1)OCO2. The van der Waals surface area contributed by atoms with Crippen LogP contribution in [0.3, 0.4) is 0 Å². The van der Waals surface area contributed by atoms with E-state index >= 15 is 0 Å². The fourth-order valence-electron chi connectivity index (χ4n) is 1.62. The van der Waals surface area contributed by atoms with E-state index in [9.17, 15) is 0 Å². The summed E-state index contributed by atoms with van der Waals surface area (Å²) in [6.45, 7) is 0.210. The van der Waals surface area contributed by atoms with Gasteiger partial charge < -0.3 is 19.9 Å². The molecule has 0 unspecified atom stereocenters. The highest BCUT2D eigenvalue weighted by molar-refractivity contribution is 7.80. The molecule has 0 bridgehead atoms. The maximum Gasteiger partial charge on any atom is 0.248 e. The van der Waals surface area contributed by atoms with Crippen LogP contribution in [0.15, 0.2) is 30.6 Å². The number of nitrogens with two attached hydrogens (primary N) is 1. The zero-order valence-electron chi connectivity index (χ0n) is 9.70. The molecule has 1 aromatic heterocycles. The van der Waals surface area contributed by atoms with Crippen molar-refractivity contribution in [2.24, 2.45) is 5.73 Å². The average Bonchev–Trinajstić information content (AvgIpc) is 2.86. The normalized spacial score (nSPS) is 12.2. The van der Waals surface area contributed by atoms with Gasteiger partial charge in [-0.25, -0.2) is 9.97 Å². The second kappa shape index (κ2) is 4.69. The van der Waals surface area contributed by atoms with Gasteiger partial charge in [-0.15, -0.1) is 0 Å². The number of thiocarbonyl (C=S) groups is 1. The van der Waals surface area contributed by atoms with Crippen molar-refractivity contribution in [3.05, 3.63) is 36.3 Å². The third-order valence-electron chi connectivity index (χ3n) is 2.46. The molecule has 2 heterocycles. The van der Waals surface area contributed by atoms with E-state index in [1.165, 1.54) is 12.4 Å². The molecule has 7 heteroatoms. The van der Waals surface area contributed by atoms with Gasteiger partial charge in [0, 0.05) is 18.5 Å². The third-order valence-corrected chi connectivity index (χ3v) is 2.65. The van der Waals surface area contributed by atoms with E-state index in [2.05, 4.69) is 9.97 Å². The summed E-state index contributed by atoms with van der Waals surface area (Å²) in [6.07, 6.45) is 3.01. The van der Waals surface area contributed by atoms with Crippen molar-refractivity contribution in [1.29, 1.82) is 0 Å². The lowest BCUT2D eigenvalue weighted by Gasteiger charge is -2.08. The number of hydrogen-bond acceptors (Lipinski definition) is 6. The maximum absolute atomic E-state index is 5.62. The predicted molar refractivity (Wildman–Crippen MR) is 70.6 cm³/mol. The monoisotopic (exact) mass is 275 g/mol. The number of ether oxygens (including phenoxy) is 3. The Bertz CT molecular complexity index is 648. The summed E-state index contributed by atoms with van der Waals surface area (Å²) in [5, 5.41) is 0. The van der Waals surface area contributed by atoms with E-state index in [-0.39, 0.29) is 17.7 Å². The summed E-state index contributed by atoms with van der Waals surface area (Å²) < 4.78 is 16.1. The minimum Gasteiger partial charge on any atom is -0.454 e. The maximum atomic E-state index is 5.62. The van der Waals surface area contributed by atoms with Crippen molar-refractivity contribution >= 4 is 17.2 Å². The molecule has 0 saturated heterocycles. The molecular formula is C12H9N3O3S. The first-order chi connectivity index (χ1) is 9.24. The number of hydrogen-bond donors (Lipinski definition) is 1. The second-order valence-electron chi connectivity index (χ2n) is 3.69. The van der Waals surface area contributed by atoms with Gasteiger partial charge in [-0.3, -0.25) is 0 Å². The molecule has 0 radical (unpaired) electrons. The Hall–Kier alpha value is -2.41. The summed E-state index contributed by atoms with van der Waals surface area (Å²) in [7, 11) is 0. The molecule has 1 aliphatic heterocycles. The average molecular weight is 275 g/mol. The Kier molecular flexibility index (Phi) is 2.88. The first kappa shape index (κ1) is 11.7. The Morgan fingerprint density at radius 1 is 1.21 bits per heavy atom. The standard InChI is InChI=1S/C12H9N3O3S/c13-11(19)10-12(15-4-3-14-10)18-7-1-2-8-9(5-7)17-6-16-8/h1-5H,6H2,(H2,13,19). The lowest BCUT2D eigenvalue weighted by Crippen LogP contribution is -2.13. The number of nitrogens with zero attached hydrogens (tertiary/aromatic N) is 2. The molecular weight excluding hydrogens is 266 g/mol. The Morgan fingerprint density at radius 3 is 2.84 bits per heavy atom. The topological polar surface area (TPSA) is 79.5 Å². The summed E-state index contributed by atoms with van der Waals surface area (Å²) in [5.74, 6) is 2.11. The summed E-state index contributed by atoms with van der Waals surface area (Å²) in [6, 6.07) is 5.21. The van der Waals surface area contributed by atoms with E-state index in [4.69, 9.17) is 32.2 Å². The third kappa shape index (κ3) is 2.27. The first-order valence-corrected chi connectivity index (χ1v) is 5.83. The van der Waals surface area contributed by atoms with Crippen molar-refractivity contribution in [2.75, 3.05) is 6.79 Å². The van der Waals surface area contributed by atoms with Crippen molar-refractivity contribution in [3.8, 4) is 23.1 Å². The number of aromatic nitrogens is 2. The molecule has 6 nitrogen and oxygen atoms in total. The van der Waals surface area contributed by atoms with Crippen LogP contribution in [0.2, 0.25) is 0 Å². The van der Waals surface area contributed by atoms with E-state index in [0.29, 0.717) is 22.9 Å². The van der Waals surface area contributed by atoms with Gasteiger partial charge >= 0.3 is 0 Å². The summed E-state index contributed by atoms with van der Waals surface area (Å²) in [5.41, 5.74) is 5.91. The van der Waals surface area contributed by atoms with Gasteiger partial charge in [0.25, 0.3) is 0 Å². The van der Waals surface area contributed by atoms with E-state index in [1.54, 1.807) is 18.2 Å². The van der Waals surface area contributed by atoms with Crippen LogP contribution < -0.4 is 19.9 Å². The predicted octanol–water partition coefficient (Wildman–Crippen LogP) is 1.63. The number of rotatable bonds is 3. The van der Waals surface area contributed by atoms with E-state index in [0.717, 1.165) is 0 Å². The van der Waals surface area contributed by atoms with Crippen LogP contribution in [0, 0.1) is 0 Å². The molecule has 1 aliphatic rings. The van der Waals surface area contributed by atoms with Crippen LogP contribution in [0.25, 0.3) is 0 Å². The Balaban J connectivity index is 1.91. The van der Waals surface area contributed by atoms with Crippen molar-refractivity contribution < 1.29 is 14.2 Å². The number of fused-ring (bicyclic) bond motifs is 1. The zero-order valence-corrected chi connectivity index (χ0v) is 10.5. The fraction of sp³-hybridized carbons (Fsp3) is 0.0833. The van der Waals surface area contributed by atoms with Gasteiger partial charge in [0.15, 0.2) is 17.2 Å². The fourth-order valence-corrected chi connectivity index (χ4v) is 1.76. The van der Waals surface area contributed by atoms with E-state index in [1.807, 2.05) is 0 Å². The molecule has 0 saturated carbocycles. The van der Waals surface area contributed by atoms with Crippen molar-refractivity contribution in [1.82, 2.24) is 9.97 Å². The lowest BCUT2D eigenvalue weighted by molar-refractivity contribution is 0.174. The highest BCUT2D eigenvalue weighted by Gasteiger charge is 2.16. The van der Waals surface area contributed by atoms with Gasteiger partial charge in [0.2, 0.25) is 12.7 Å². The van der Waals surface area contributed by atoms with Crippen LogP contribution >= 0.6 is 12.2 Å². The van der Waals surface area contributed by atoms with Gasteiger partial charge in [-0.1, -0.05) is 12.2 Å². The molecule has 0 spiro atoms. The molecule has 19 heavy (non-hydrogen) atoms. The first-order valence-electron chi connectivity index (χ1n) is 5.42. The van der Waals surface area contributed by atoms with Crippen LogP contribution in [-0.4, -0.2) is 21.7 Å². The molecule has 2 aromatic rings. The van der Waals surface area contributed by atoms with Gasteiger partial charge in [-0.05, 0) is 12.1 Å². The van der Waals surface area contributed by atoms with Crippen LogP contribution in [0.1, 0.15) is 5.69 Å². The minimum absolute atomic E-state index is 0.129.